The average molecular weight is 417 g/mol. The SMILES string of the molecule is COc1cccc(OCc2nc3ccccc3n2CCCCOc2ccccc2C)c1. The Hall–Kier alpha value is -3.47. The molecular weight excluding hydrogens is 388 g/mol. The average Bonchev–Trinajstić information content (AvgIpc) is 3.16. The maximum absolute atomic E-state index is 6.02. The molecule has 4 rings (SSSR count). The number of benzene rings is 3. The summed E-state index contributed by atoms with van der Waals surface area (Å²) < 4.78 is 19.5. The van der Waals surface area contributed by atoms with Gasteiger partial charge in [0.05, 0.1) is 24.8 Å². The zero-order valence-electron chi connectivity index (χ0n) is 18.1. The fraction of sp³-hybridized carbons (Fsp3) is 0.269. The predicted molar refractivity (Wildman–Crippen MR) is 123 cm³/mol. The Balaban J connectivity index is 1.39. The van der Waals surface area contributed by atoms with Crippen molar-refractivity contribution < 1.29 is 14.2 Å². The highest BCUT2D eigenvalue weighted by atomic mass is 16.5. The van der Waals surface area contributed by atoms with E-state index in [0.29, 0.717) is 13.2 Å². The summed E-state index contributed by atoms with van der Waals surface area (Å²) in [4.78, 5) is 4.80. The lowest BCUT2D eigenvalue weighted by Gasteiger charge is -2.12. The van der Waals surface area contributed by atoms with Crippen LogP contribution in [0.4, 0.5) is 0 Å². The minimum Gasteiger partial charge on any atom is -0.497 e. The van der Waals surface area contributed by atoms with Gasteiger partial charge in [-0.1, -0.05) is 36.4 Å². The first-order valence-electron chi connectivity index (χ1n) is 10.6. The van der Waals surface area contributed by atoms with Gasteiger partial charge in [0.15, 0.2) is 0 Å². The van der Waals surface area contributed by atoms with Gasteiger partial charge in [-0.25, -0.2) is 4.98 Å². The van der Waals surface area contributed by atoms with E-state index in [1.807, 2.05) is 54.6 Å². The molecule has 4 aromatic rings. The van der Waals surface area contributed by atoms with Crippen LogP contribution < -0.4 is 14.2 Å². The zero-order chi connectivity index (χ0) is 21.5. The maximum atomic E-state index is 6.02. The topological polar surface area (TPSA) is 45.5 Å². The van der Waals surface area contributed by atoms with Crippen LogP contribution in [0.25, 0.3) is 11.0 Å². The second-order valence-electron chi connectivity index (χ2n) is 7.46. The summed E-state index contributed by atoms with van der Waals surface area (Å²) in [6, 6.07) is 24.0. The highest BCUT2D eigenvalue weighted by Crippen LogP contribution is 2.22. The van der Waals surface area contributed by atoms with E-state index in [4.69, 9.17) is 19.2 Å². The maximum Gasteiger partial charge on any atom is 0.147 e. The van der Waals surface area contributed by atoms with Gasteiger partial charge in [-0.15, -0.1) is 0 Å². The van der Waals surface area contributed by atoms with Crippen molar-refractivity contribution in [1.82, 2.24) is 9.55 Å². The van der Waals surface area contributed by atoms with Crippen LogP contribution in [0, 0.1) is 6.92 Å². The second kappa shape index (κ2) is 10.0. The van der Waals surface area contributed by atoms with Crippen molar-refractivity contribution in [3.8, 4) is 17.2 Å². The predicted octanol–water partition coefficient (Wildman–Crippen LogP) is 5.79. The van der Waals surface area contributed by atoms with Crippen molar-refractivity contribution in [2.24, 2.45) is 0 Å². The first-order chi connectivity index (χ1) is 15.2. The van der Waals surface area contributed by atoms with Gasteiger partial charge < -0.3 is 18.8 Å². The molecular formula is C26H28N2O3. The van der Waals surface area contributed by atoms with E-state index in [2.05, 4.69) is 29.7 Å². The van der Waals surface area contributed by atoms with Crippen molar-refractivity contribution >= 4 is 11.0 Å². The van der Waals surface area contributed by atoms with Gasteiger partial charge in [-0.2, -0.15) is 0 Å². The summed E-state index contributed by atoms with van der Waals surface area (Å²) in [5.41, 5.74) is 3.29. The Labute approximate surface area is 183 Å². The summed E-state index contributed by atoms with van der Waals surface area (Å²) in [6.45, 7) is 4.05. The molecule has 160 valence electrons. The molecule has 0 aliphatic heterocycles. The molecule has 0 amide bonds. The molecule has 0 aliphatic carbocycles. The fourth-order valence-corrected chi connectivity index (χ4v) is 3.60. The van der Waals surface area contributed by atoms with Gasteiger partial charge >= 0.3 is 0 Å². The molecule has 0 unspecified atom stereocenters. The number of unbranched alkanes of at least 4 members (excludes halogenated alkanes) is 1. The van der Waals surface area contributed by atoms with E-state index >= 15 is 0 Å². The molecule has 0 saturated heterocycles. The van der Waals surface area contributed by atoms with E-state index in [0.717, 1.165) is 53.5 Å². The molecule has 0 saturated carbocycles. The molecule has 1 heterocycles. The first kappa shape index (κ1) is 20.8. The number of imidazole rings is 1. The van der Waals surface area contributed by atoms with Gasteiger partial charge in [-0.3, -0.25) is 0 Å². The minimum atomic E-state index is 0.404. The summed E-state index contributed by atoms with van der Waals surface area (Å²) in [5.74, 6) is 3.43. The number of hydrogen-bond donors (Lipinski definition) is 0. The van der Waals surface area contributed by atoms with E-state index < -0.39 is 0 Å². The van der Waals surface area contributed by atoms with Crippen molar-refractivity contribution in [2.45, 2.75) is 32.9 Å². The molecule has 0 atom stereocenters. The molecule has 0 radical (unpaired) electrons. The van der Waals surface area contributed by atoms with E-state index in [9.17, 15) is 0 Å². The van der Waals surface area contributed by atoms with Crippen LogP contribution >= 0.6 is 0 Å². The van der Waals surface area contributed by atoms with E-state index in [1.165, 1.54) is 5.56 Å². The number of rotatable bonds is 10. The van der Waals surface area contributed by atoms with E-state index in [1.54, 1.807) is 7.11 Å². The molecule has 0 N–H and O–H groups in total. The number of fused-ring (bicyclic) bond motifs is 1. The zero-order valence-corrected chi connectivity index (χ0v) is 18.1. The number of aryl methyl sites for hydroxylation is 2. The molecule has 1 aromatic heterocycles. The van der Waals surface area contributed by atoms with Gasteiger partial charge in [0.2, 0.25) is 0 Å². The van der Waals surface area contributed by atoms with Crippen LogP contribution in [-0.2, 0) is 13.2 Å². The number of hydrogen-bond acceptors (Lipinski definition) is 4. The van der Waals surface area contributed by atoms with Crippen molar-refractivity contribution in [3.05, 3.63) is 84.2 Å². The first-order valence-corrected chi connectivity index (χ1v) is 10.6. The van der Waals surface area contributed by atoms with Gasteiger partial charge in [0.1, 0.15) is 29.7 Å². The van der Waals surface area contributed by atoms with Crippen LogP contribution in [0.2, 0.25) is 0 Å². The largest absolute Gasteiger partial charge is 0.497 e. The fourth-order valence-electron chi connectivity index (χ4n) is 3.60. The number of nitrogens with zero attached hydrogens (tertiary/aromatic N) is 2. The third-order valence-electron chi connectivity index (χ3n) is 5.27. The van der Waals surface area contributed by atoms with Crippen molar-refractivity contribution in [2.75, 3.05) is 13.7 Å². The summed E-state index contributed by atoms with van der Waals surface area (Å²) >= 11 is 0. The van der Waals surface area contributed by atoms with Crippen LogP contribution in [0.5, 0.6) is 17.2 Å². The quantitative estimate of drug-likeness (QED) is 0.307. The Kier molecular flexibility index (Phi) is 6.72. The highest BCUT2D eigenvalue weighted by molar-refractivity contribution is 5.75. The molecule has 0 bridgehead atoms. The standard InChI is InChI=1S/C26H28N2O3/c1-20-10-3-6-15-25(20)30-17-8-7-16-28-24-14-5-4-13-23(24)27-26(28)19-31-22-12-9-11-21(18-22)29-2/h3-6,9-15,18H,7-8,16-17,19H2,1-2H3. The second-order valence-corrected chi connectivity index (χ2v) is 7.46. The number of para-hydroxylation sites is 3. The molecule has 5 heteroatoms. The van der Waals surface area contributed by atoms with Crippen molar-refractivity contribution in [1.29, 1.82) is 0 Å². The molecule has 31 heavy (non-hydrogen) atoms. The Morgan fingerprint density at radius 1 is 0.839 bits per heavy atom. The van der Waals surface area contributed by atoms with Crippen LogP contribution in [0.3, 0.4) is 0 Å². The summed E-state index contributed by atoms with van der Waals surface area (Å²) in [5, 5.41) is 0. The number of ether oxygens (including phenoxy) is 3. The van der Waals surface area contributed by atoms with Crippen molar-refractivity contribution in [3.63, 3.8) is 0 Å². The molecule has 0 fully saturated rings. The van der Waals surface area contributed by atoms with Crippen LogP contribution in [-0.4, -0.2) is 23.3 Å². The van der Waals surface area contributed by atoms with Gasteiger partial charge in [0.25, 0.3) is 0 Å². The molecule has 5 nitrogen and oxygen atoms in total. The minimum absolute atomic E-state index is 0.404. The van der Waals surface area contributed by atoms with Gasteiger partial charge in [-0.05, 0) is 55.7 Å². The van der Waals surface area contributed by atoms with Crippen LogP contribution in [0.1, 0.15) is 24.2 Å². The van der Waals surface area contributed by atoms with Gasteiger partial charge in [0, 0.05) is 12.6 Å². The molecule has 0 spiro atoms. The number of aromatic nitrogens is 2. The Bertz CT molecular complexity index is 1140. The molecule has 3 aromatic carbocycles. The highest BCUT2D eigenvalue weighted by Gasteiger charge is 2.11. The lowest BCUT2D eigenvalue weighted by atomic mass is 10.2. The summed E-state index contributed by atoms with van der Waals surface area (Å²) in [6.07, 6.45) is 1.97. The number of methoxy groups -OCH3 is 1. The molecule has 0 aliphatic rings. The van der Waals surface area contributed by atoms with E-state index in [-0.39, 0.29) is 0 Å². The third-order valence-corrected chi connectivity index (χ3v) is 5.27. The Morgan fingerprint density at radius 2 is 1.65 bits per heavy atom. The Morgan fingerprint density at radius 3 is 2.52 bits per heavy atom. The van der Waals surface area contributed by atoms with Crippen LogP contribution in [0.15, 0.2) is 72.8 Å². The normalized spacial score (nSPS) is 10.9. The third kappa shape index (κ3) is 5.18. The monoisotopic (exact) mass is 416 g/mol. The lowest BCUT2D eigenvalue weighted by molar-refractivity contribution is 0.283. The lowest BCUT2D eigenvalue weighted by Crippen LogP contribution is -2.09. The smallest absolute Gasteiger partial charge is 0.147 e. The summed E-state index contributed by atoms with van der Waals surface area (Å²) in [7, 11) is 1.65.